The van der Waals surface area contributed by atoms with Crippen molar-refractivity contribution in [1.82, 2.24) is 5.32 Å². The molecule has 1 aliphatic heterocycles. The number of rotatable bonds is 4. The summed E-state index contributed by atoms with van der Waals surface area (Å²) in [5.41, 5.74) is 6.25. The van der Waals surface area contributed by atoms with Crippen LogP contribution in [0, 0.1) is 5.92 Å². The summed E-state index contributed by atoms with van der Waals surface area (Å²) in [7, 11) is 1.81. The van der Waals surface area contributed by atoms with Crippen LogP contribution >= 0.6 is 0 Å². The molecule has 1 heterocycles. The molecule has 0 saturated carbocycles. The van der Waals surface area contributed by atoms with E-state index in [-0.39, 0.29) is 17.9 Å². The largest absolute Gasteiger partial charge is 0.379 e. The number of primary amides is 1. The molecule has 0 aromatic heterocycles. The summed E-state index contributed by atoms with van der Waals surface area (Å²) in [5, 5.41) is 8.34. The number of nitrogens with one attached hydrogen (secondary N) is 3. The maximum absolute atomic E-state index is 12.1. The van der Waals surface area contributed by atoms with E-state index in [1.165, 1.54) is 0 Å². The highest BCUT2D eigenvalue weighted by molar-refractivity contribution is 5.94. The molecular formula is C13H18N4O3. The van der Waals surface area contributed by atoms with Gasteiger partial charge in [-0.2, -0.15) is 0 Å². The number of anilines is 2. The first-order valence-electron chi connectivity index (χ1n) is 6.32. The van der Waals surface area contributed by atoms with Crippen LogP contribution in [0.4, 0.5) is 16.2 Å². The smallest absolute Gasteiger partial charge is 0.316 e. The number of carbonyl (C=O) groups is 2. The van der Waals surface area contributed by atoms with Gasteiger partial charge in [-0.05, 0) is 31.3 Å². The molecule has 108 valence electrons. The molecule has 0 aliphatic carbocycles. The van der Waals surface area contributed by atoms with Gasteiger partial charge in [0, 0.05) is 17.4 Å². The Bertz CT molecular complexity index is 489. The van der Waals surface area contributed by atoms with Gasteiger partial charge in [0.05, 0.1) is 19.1 Å². The molecule has 1 aromatic carbocycles. The van der Waals surface area contributed by atoms with Crippen molar-refractivity contribution in [3.8, 4) is 0 Å². The SMILES string of the molecule is CNC1COCC1C(=O)Nc1ccc(NC(N)=O)cc1. The van der Waals surface area contributed by atoms with E-state index in [1.54, 1.807) is 24.3 Å². The molecule has 1 saturated heterocycles. The van der Waals surface area contributed by atoms with Crippen LogP contribution in [0.1, 0.15) is 0 Å². The summed E-state index contributed by atoms with van der Waals surface area (Å²) in [4.78, 5) is 22.8. The van der Waals surface area contributed by atoms with E-state index < -0.39 is 6.03 Å². The lowest BCUT2D eigenvalue weighted by molar-refractivity contribution is -0.120. The first-order valence-corrected chi connectivity index (χ1v) is 6.32. The highest BCUT2D eigenvalue weighted by Crippen LogP contribution is 2.18. The van der Waals surface area contributed by atoms with Gasteiger partial charge in [-0.25, -0.2) is 4.79 Å². The van der Waals surface area contributed by atoms with Crippen molar-refractivity contribution in [2.75, 3.05) is 30.9 Å². The quantitative estimate of drug-likeness (QED) is 0.637. The summed E-state index contributed by atoms with van der Waals surface area (Å²) < 4.78 is 5.30. The summed E-state index contributed by atoms with van der Waals surface area (Å²) in [6.45, 7) is 0.953. The summed E-state index contributed by atoms with van der Waals surface area (Å²) in [6.07, 6.45) is 0. The van der Waals surface area contributed by atoms with E-state index in [0.29, 0.717) is 24.6 Å². The maximum Gasteiger partial charge on any atom is 0.316 e. The Hall–Kier alpha value is -2.12. The molecule has 2 unspecified atom stereocenters. The predicted octanol–water partition coefficient (Wildman–Crippen LogP) is 0.350. The molecule has 2 rings (SSSR count). The standard InChI is InChI=1S/C13H18N4O3/c1-15-11-7-20-6-10(11)12(18)16-8-2-4-9(5-3-8)17-13(14)19/h2-5,10-11,15H,6-7H2,1H3,(H,16,18)(H3,14,17,19). The zero-order chi connectivity index (χ0) is 14.5. The van der Waals surface area contributed by atoms with Crippen LogP contribution in [-0.4, -0.2) is 38.2 Å². The van der Waals surface area contributed by atoms with E-state index in [2.05, 4.69) is 16.0 Å². The van der Waals surface area contributed by atoms with Gasteiger partial charge < -0.3 is 26.4 Å². The van der Waals surface area contributed by atoms with Crippen molar-refractivity contribution >= 4 is 23.3 Å². The molecule has 5 N–H and O–H groups in total. The van der Waals surface area contributed by atoms with Crippen molar-refractivity contribution in [2.24, 2.45) is 11.7 Å². The van der Waals surface area contributed by atoms with E-state index in [1.807, 2.05) is 7.05 Å². The predicted molar refractivity (Wildman–Crippen MR) is 75.4 cm³/mol. The highest BCUT2D eigenvalue weighted by Gasteiger charge is 2.32. The lowest BCUT2D eigenvalue weighted by Gasteiger charge is -2.16. The lowest BCUT2D eigenvalue weighted by atomic mass is 10.0. The van der Waals surface area contributed by atoms with E-state index in [9.17, 15) is 9.59 Å². The fraction of sp³-hybridized carbons (Fsp3) is 0.385. The highest BCUT2D eigenvalue weighted by atomic mass is 16.5. The normalized spacial score (nSPS) is 21.4. The second-order valence-electron chi connectivity index (χ2n) is 4.59. The number of nitrogens with two attached hydrogens (primary N) is 1. The molecule has 2 atom stereocenters. The number of ether oxygens (including phenoxy) is 1. The molecule has 1 fully saturated rings. The zero-order valence-electron chi connectivity index (χ0n) is 11.2. The van der Waals surface area contributed by atoms with E-state index in [4.69, 9.17) is 10.5 Å². The van der Waals surface area contributed by atoms with Gasteiger partial charge in [0.1, 0.15) is 0 Å². The monoisotopic (exact) mass is 278 g/mol. The zero-order valence-corrected chi connectivity index (χ0v) is 11.2. The fourth-order valence-electron chi connectivity index (χ4n) is 2.11. The molecule has 7 heteroatoms. The van der Waals surface area contributed by atoms with Crippen LogP contribution < -0.4 is 21.7 Å². The van der Waals surface area contributed by atoms with Crippen LogP contribution in [0.15, 0.2) is 24.3 Å². The molecule has 7 nitrogen and oxygen atoms in total. The third-order valence-corrected chi connectivity index (χ3v) is 3.21. The van der Waals surface area contributed by atoms with Gasteiger partial charge in [0.25, 0.3) is 0 Å². The number of likely N-dealkylation sites (N-methyl/N-ethyl adjacent to an activating group) is 1. The van der Waals surface area contributed by atoms with Crippen LogP contribution in [-0.2, 0) is 9.53 Å². The number of carbonyl (C=O) groups excluding carboxylic acids is 2. The Kier molecular flexibility index (Phi) is 4.54. The Morgan fingerprint density at radius 3 is 2.30 bits per heavy atom. The number of benzene rings is 1. The molecule has 0 bridgehead atoms. The van der Waals surface area contributed by atoms with Crippen LogP contribution in [0.2, 0.25) is 0 Å². The van der Waals surface area contributed by atoms with Crippen molar-refractivity contribution in [1.29, 1.82) is 0 Å². The number of amides is 3. The fourth-order valence-corrected chi connectivity index (χ4v) is 2.11. The van der Waals surface area contributed by atoms with Crippen molar-refractivity contribution in [3.63, 3.8) is 0 Å². The summed E-state index contributed by atoms with van der Waals surface area (Å²) in [6, 6.07) is 6.15. The third kappa shape index (κ3) is 3.46. The molecule has 0 radical (unpaired) electrons. The third-order valence-electron chi connectivity index (χ3n) is 3.21. The van der Waals surface area contributed by atoms with Crippen LogP contribution in [0.25, 0.3) is 0 Å². The minimum Gasteiger partial charge on any atom is -0.379 e. The Labute approximate surface area is 116 Å². The Morgan fingerprint density at radius 1 is 1.15 bits per heavy atom. The molecule has 1 aromatic rings. The first kappa shape index (κ1) is 14.3. The minimum absolute atomic E-state index is 0.0331. The first-order chi connectivity index (χ1) is 9.60. The van der Waals surface area contributed by atoms with Crippen molar-refractivity contribution in [2.45, 2.75) is 6.04 Å². The summed E-state index contributed by atoms with van der Waals surface area (Å²) in [5.74, 6) is -0.291. The lowest BCUT2D eigenvalue weighted by Crippen LogP contribution is -2.39. The van der Waals surface area contributed by atoms with Crippen LogP contribution in [0.5, 0.6) is 0 Å². The number of hydrogen-bond donors (Lipinski definition) is 4. The van der Waals surface area contributed by atoms with Gasteiger partial charge in [0.15, 0.2) is 0 Å². The molecule has 20 heavy (non-hydrogen) atoms. The Morgan fingerprint density at radius 2 is 1.75 bits per heavy atom. The van der Waals surface area contributed by atoms with Gasteiger partial charge >= 0.3 is 6.03 Å². The van der Waals surface area contributed by atoms with Gasteiger partial charge in [-0.15, -0.1) is 0 Å². The van der Waals surface area contributed by atoms with Crippen molar-refractivity contribution in [3.05, 3.63) is 24.3 Å². The average Bonchev–Trinajstić information content (AvgIpc) is 2.89. The molecule has 3 amide bonds. The van der Waals surface area contributed by atoms with E-state index >= 15 is 0 Å². The second kappa shape index (κ2) is 6.36. The van der Waals surface area contributed by atoms with E-state index in [0.717, 1.165) is 0 Å². The van der Waals surface area contributed by atoms with Gasteiger partial charge in [-0.1, -0.05) is 0 Å². The number of hydrogen-bond acceptors (Lipinski definition) is 4. The average molecular weight is 278 g/mol. The minimum atomic E-state index is -0.623. The molecule has 0 spiro atoms. The topological polar surface area (TPSA) is 105 Å². The van der Waals surface area contributed by atoms with Gasteiger partial charge in [0.2, 0.25) is 5.91 Å². The van der Waals surface area contributed by atoms with Crippen LogP contribution in [0.3, 0.4) is 0 Å². The Balaban J connectivity index is 1.95. The number of urea groups is 1. The van der Waals surface area contributed by atoms with Crippen molar-refractivity contribution < 1.29 is 14.3 Å². The maximum atomic E-state index is 12.1. The molecule has 1 aliphatic rings. The summed E-state index contributed by atoms with van der Waals surface area (Å²) >= 11 is 0. The second-order valence-corrected chi connectivity index (χ2v) is 4.59. The molecular weight excluding hydrogens is 260 g/mol. The van der Waals surface area contributed by atoms with Gasteiger partial charge in [-0.3, -0.25) is 4.79 Å².